The molecule has 0 N–H and O–H groups in total. The maximum atomic E-state index is 5.51. The molecule has 0 aliphatic rings. The predicted octanol–water partition coefficient (Wildman–Crippen LogP) is 5.51. The summed E-state index contributed by atoms with van der Waals surface area (Å²) in [6.07, 6.45) is 5.48. The fraction of sp³-hybridized carbons (Fsp3) is 0.100. The SMILES string of the molecule is C/C=C/c1ncc(-c2ccccc2)o1.Cc1nc2ccccc2o1. The zero-order valence-electron chi connectivity index (χ0n) is 13.6. The molecule has 0 saturated carbocycles. The molecule has 0 amide bonds. The Morgan fingerprint density at radius 3 is 2.42 bits per heavy atom. The minimum Gasteiger partial charge on any atom is -0.441 e. The molecular weight excluding hydrogens is 300 g/mol. The number of para-hydroxylation sites is 2. The highest BCUT2D eigenvalue weighted by Crippen LogP contribution is 2.20. The molecule has 0 aliphatic carbocycles. The van der Waals surface area contributed by atoms with Crippen molar-refractivity contribution in [1.29, 1.82) is 0 Å². The second-order valence-electron chi connectivity index (χ2n) is 5.13. The highest BCUT2D eigenvalue weighted by atomic mass is 16.4. The first kappa shape index (κ1) is 15.7. The first-order valence-electron chi connectivity index (χ1n) is 7.72. The van der Waals surface area contributed by atoms with Crippen molar-refractivity contribution < 1.29 is 8.83 Å². The summed E-state index contributed by atoms with van der Waals surface area (Å²) in [4.78, 5) is 8.28. The van der Waals surface area contributed by atoms with Crippen LogP contribution in [0.25, 0.3) is 28.5 Å². The molecule has 120 valence electrons. The third-order valence-corrected chi connectivity index (χ3v) is 3.29. The Balaban J connectivity index is 0.000000149. The molecular formula is C20H18N2O2. The zero-order chi connectivity index (χ0) is 16.8. The summed E-state index contributed by atoms with van der Waals surface area (Å²) in [7, 11) is 0. The summed E-state index contributed by atoms with van der Waals surface area (Å²) in [5, 5.41) is 0. The van der Waals surface area contributed by atoms with Crippen LogP contribution in [0.1, 0.15) is 18.7 Å². The van der Waals surface area contributed by atoms with Crippen molar-refractivity contribution >= 4 is 17.2 Å². The molecule has 2 aromatic heterocycles. The molecule has 24 heavy (non-hydrogen) atoms. The number of nitrogens with zero attached hydrogens (tertiary/aromatic N) is 2. The highest BCUT2D eigenvalue weighted by molar-refractivity contribution is 5.71. The standard InChI is InChI=1S/C12H11NO.C8H7NO/c1-2-6-12-13-9-11(14-12)10-7-4-3-5-8-10;1-6-9-7-4-2-3-5-8(7)10-6/h2-9H,1H3;2-5H,1H3/b6-2+;. The van der Waals surface area contributed by atoms with Gasteiger partial charge in [-0.05, 0) is 25.1 Å². The predicted molar refractivity (Wildman–Crippen MR) is 95.4 cm³/mol. The fourth-order valence-electron chi connectivity index (χ4n) is 2.23. The van der Waals surface area contributed by atoms with Gasteiger partial charge in [-0.1, -0.05) is 48.5 Å². The Morgan fingerprint density at radius 1 is 0.917 bits per heavy atom. The first-order valence-corrected chi connectivity index (χ1v) is 7.72. The number of hydrogen-bond donors (Lipinski definition) is 0. The minimum absolute atomic E-state index is 0.645. The van der Waals surface area contributed by atoms with E-state index in [1.807, 2.05) is 80.6 Å². The molecule has 4 heteroatoms. The van der Waals surface area contributed by atoms with Gasteiger partial charge in [0.1, 0.15) is 5.52 Å². The van der Waals surface area contributed by atoms with E-state index in [9.17, 15) is 0 Å². The molecule has 0 aliphatic heterocycles. The third-order valence-electron chi connectivity index (χ3n) is 3.29. The van der Waals surface area contributed by atoms with Gasteiger partial charge in [0.05, 0.1) is 6.20 Å². The van der Waals surface area contributed by atoms with E-state index in [0.29, 0.717) is 5.89 Å². The van der Waals surface area contributed by atoms with Crippen LogP contribution in [0.2, 0.25) is 0 Å². The van der Waals surface area contributed by atoms with Crippen molar-refractivity contribution in [3.8, 4) is 11.3 Å². The van der Waals surface area contributed by atoms with Crippen LogP contribution >= 0.6 is 0 Å². The van der Waals surface area contributed by atoms with E-state index in [-0.39, 0.29) is 0 Å². The Labute approximate surface area is 140 Å². The summed E-state index contributed by atoms with van der Waals surface area (Å²) in [5.74, 6) is 2.17. The van der Waals surface area contributed by atoms with Crippen LogP contribution in [-0.2, 0) is 0 Å². The molecule has 4 nitrogen and oxygen atoms in total. The molecule has 4 aromatic rings. The smallest absolute Gasteiger partial charge is 0.219 e. The van der Waals surface area contributed by atoms with E-state index in [1.165, 1.54) is 0 Å². The average molecular weight is 318 g/mol. The molecule has 0 bridgehead atoms. The quantitative estimate of drug-likeness (QED) is 0.489. The zero-order valence-corrected chi connectivity index (χ0v) is 13.6. The maximum Gasteiger partial charge on any atom is 0.219 e. The number of aromatic nitrogens is 2. The first-order chi connectivity index (χ1) is 11.8. The van der Waals surface area contributed by atoms with Gasteiger partial charge in [0.15, 0.2) is 17.2 Å². The van der Waals surface area contributed by atoms with Gasteiger partial charge in [0.2, 0.25) is 5.89 Å². The number of fused-ring (bicyclic) bond motifs is 1. The Bertz CT molecular complexity index is 903. The van der Waals surface area contributed by atoms with Crippen LogP contribution in [0.4, 0.5) is 0 Å². The van der Waals surface area contributed by atoms with Gasteiger partial charge in [-0.3, -0.25) is 0 Å². The number of rotatable bonds is 2. The lowest BCUT2D eigenvalue weighted by Gasteiger charge is -1.92. The molecule has 0 saturated heterocycles. The van der Waals surface area contributed by atoms with Crippen LogP contribution < -0.4 is 0 Å². The third kappa shape index (κ3) is 3.79. The van der Waals surface area contributed by atoms with Gasteiger partial charge in [-0.15, -0.1) is 0 Å². The number of benzene rings is 2. The van der Waals surface area contributed by atoms with Crippen molar-refractivity contribution in [1.82, 2.24) is 9.97 Å². The maximum absolute atomic E-state index is 5.51. The van der Waals surface area contributed by atoms with Crippen molar-refractivity contribution in [2.24, 2.45) is 0 Å². The van der Waals surface area contributed by atoms with E-state index in [2.05, 4.69) is 9.97 Å². The van der Waals surface area contributed by atoms with Crippen LogP contribution in [0.15, 0.2) is 75.7 Å². The summed E-state index contributed by atoms with van der Waals surface area (Å²) < 4.78 is 10.8. The Morgan fingerprint density at radius 2 is 1.67 bits per heavy atom. The van der Waals surface area contributed by atoms with Gasteiger partial charge >= 0.3 is 0 Å². The van der Waals surface area contributed by atoms with Crippen molar-refractivity contribution in [3.05, 3.63) is 78.7 Å². The van der Waals surface area contributed by atoms with Gasteiger partial charge < -0.3 is 8.83 Å². The summed E-state index contributed by atoms with van der Waals surface area (Å²) >= 11 is 0. The minimum atomic E-state index is 0.645. The molecule has 2 aromatic carbocycles. The monoisotopic (exact) mass is 318 g/mol. The van der Waals surface area contributed by atoms with Gasteiger partial charge in [-0.2, -0.15) is 0 Å². The number of aryl methyl sites for hydroxylation is 1. The van der Waals surface area contributed by atoms with Crippen molar-refractivity contribution in [2.45, 2.75) is 13.8 Å². The molecule has 0 radical (unpaired) electrons. The normalized spacial score (nSPS) is 10.8. The second kappa shape index (κ2) is 7.42. The van der Waals surface area contributed by atoms with Crippen molar-refractivity contribution in [3.63, 3.8) is 0 Å². The summed E-state index contributed by atoms with van der Waals surface area (Å²) in [6, 6.07) is 17.7. The van der Waals surface area contributed by atoms with Crippen molar-refractivity contribution in [2.75, 3.05) is 0 Å². The van der Waals surface area contributed by atoms with Crippen LogP contribution in [0, 0.1) is 6.92 Å². The van der Waals surface area contributed by atoms with E-state index in [1.54, 1.807) is 6.20 Å². The lowest BCUT2D eigenvalue weighted by molar-refractivity contribution is 0.560. The van der Waals surface area contributed by atoms with Crippen LogP contribution in [-0.4, -0.2) is 9.97 Å². The van der Waals surface area contributed by atoms with E-state index >= 15 is 0 Å². The highest BCUT2D eigenvalue weighted by Gasteiger charge is 2.02. The van der Waals surface area contributed by atoms with E-state index < -0.39 is 0 Å². The average Bonchev–Trinajstić information content (AvgIpc) is 3.22. The lowest BCUT2D eigenvalue weighted by atomic mass is 10.2. The lowest BCUT2D eigenvalue weighted by Crippen LogP contribution is -1.69. The Hall–Kier alpha value is -3.14. The second-order valence-corrected chi connectivity index (χ2v) is 5.13. The van der Waals surface area contributed by atoms with Gasteiger partial charge in [0, 0.05) is 12.5 Å². The van der Waals surface area contributed by atoms with E-state index in [0.717, 1.165) is 28.3 Å². The molecule has 0 unspecified atom stereocenters. The fourth-order valence-corrected chi connectivity index (χ4v) is 2.23. The van der Waals surface area contributed by atoms with Crippen LogP contribution in [0.5, 0.6) is 0 Å². The topological polar surface area (TPSA) is 52.1 Å². The van der Waals surface area contributed by atoms with Gasteiger partial charge in [0.25, 0.3) is 0 Å². The largest absolute Gasteiger partial charge is 0.441 e. The van der Waals surface area contributed by atoms with Gasteiger partial charge in [-0.25, -0.2) is 9.97 Å². The van der Waals surface area contributed by atoms with E-state index in [4.69, 9.17) is 8.83 Å². The molecule has 0 atom stereocenters. The summed E-state index contributed by atoms with van der Waals surface area (Å²) in [5.41, 5.74) is 2.84. The molecule has 2 heterocycles. The molecule has 4 rings (SSSR count). The molecule has 0 spiro atoms. The summed E-state index contributed by atoms with van der Waals surface area (Å²) in [6.45, 7) is 3.78. The van der Waals surface area contributed by atoms with Crippen LogP contribution in [0.3, 0.4) is 0 Å². The molecule has 0 fully saturated rings. The number of hydrogen-bond acceptors (Lipinski definition) is 4. The number of allylic oxidation sites excluding steroid dienone is 1. The number of oxazole rings is 2. The Kier molecular flexibility index (Phi) is 4.87.